The quantitative estimate of drug-likeness (QED) is 0.502. The van der Waals surface area contributed by atoms with Gasteiger partial charge in [-0.05, 0) is 50.2 Å². The Morgan fingerprint density at radius 1 is 1.00 bits per heavy atom. The molecule has 32 heavy (non-hydrogen) atoms. The Morgan fingerprint density at radius 2 is 1.78 bits per heavy atom. The van der Waals surface area contributed by atoms with Gasteiger partial charge in [-0.2, -0.15) is 0 Å². The third kappa shape index (κ3) is 4.54. The monoisotopic (exact) mass is 427 g/mol. The number of carbonyl (C=O) groups excluding carboxylic acids is 1. The molecule has 160 valence electrons. The van der Waals surface area contributed by atoms with E-state index >= 15 is 0 Å². The van der Waals surface area contributed by atoms with Gasteiger partial charge in [-0.15, -0.1) is 0 Å². The lowest BCUT2D eigenvalue weighted by atomic mass is 10.1. The summed E-state index contributed by atoms with van der Waals surface area (Å²) in [5.74, 6) is 1.38. The van der Waals surface area contributed by atoms with Crippen molar-refractivity contribution in [1.82, 2.24) is 19.9 Å². The molecule has 2 aromatic heterocycles. The summed E-state index contributed by atoms with van der Waals surface area (Å²) in [6.07, 6.45) is 1.51. The van der Waals surface area contributed by atoms with Crippen molar-refractivity contribution in [1.29, 1.82) is 0 Å². The molecular formula is C24H21N5O3. The highest BCUT2D eigenvalue weighted by Gasteiger charge is 2.14. The van der Waals surface area contributed by atoms with Gasteiger partial charge in [-0.3, -0.25) is 9.59 Å². The SMILES string of the molecule is COc1ccc(-c2ncc(C(=O)Nc3cccc(-c4nc(C)cc(=O)[nH]4)c3)c(C)n2)cc1. The second kappa shape index (κ2) is 8.81. The number of hydrogen-bond acceptors (Lipinski definition) is 6. The van der Waals surface area contributed by atoms with Gasteiger partial charge >= 0.3 is 0 Å². The fraction of sp³-hybridized carbons (Fsp3) is 0.125. The molecule has 0 aliphatic rings. The van der Waals surface area contributed by atoms with Crippen LogP contribution in [0.25, 0.3) is 22.8 Å². The van der Waals surface area contributed by atoms with E-state index in [0.29, 0.717) is 39.9 Å². The fourth-order valence-electron chi connectivity index (χ4n) is 3.23. The molecule has 8 heteroatoms. The molecule has 0 saturated carbocycles. The van der Waals surface area contributed by atoms with Crippen molar-refractivity contribution in [2.75, 3.05) is 12.4 Å². The Hall–Kier alpha value is -4.33. The van der Waals surface area contributed by atoms with Crippen LogP contribution in [0.1, 0.15) is 21.7 Å². The molecule has 0 saturated heterocycles. The van der Waals surface area contributed by atoms with E-state index in [1.807, 2.05) is 30.3 Å². The first-order chi connectivity index (χ1) is 15.4. The maximum Gasteiger partial charge on any atom is 0.259 e. The minimum Gasteiger partial charge on any atom is -0.497 e. The second-order valence-corrected chi connectivity index (χ2v) is 7.19. The maximum atomic E-state index is 12.8. The molecule has 0 bridgehead atoms. The van der Waals surface area contributed by atoms with Gasteiger partial charge in [0.05, 0.1) is 18.4 Å². The first kappa shape index (κ1) is 20.9. The zero-order chi connectivity index (χ0) is 22.7. The molecule has 0 spiro atoms. The summed E-state index contributed by atoms with van der Waals surface area (Å²) in [5, 5.41) is 2.86. The van der Waals surface area contributed by atoms with E-state index in [1.165, 1.54) is 12.3 Å². The van der Waals surface area contributed by atoms with Crippen LogP contribution >= 0.6 is 0 Å². The number of aromatic amines is 1. The largest absolute Gasteiger partial charge is 0.497 e. The highest BCUT2D eigenvalue weighted by molar-refractivity contribution is 6.05. The second-order valence-electron chi connectivity index (χ2n) is 7.19. The Kier molecular flexibility index (Phi) is 5.76. The molecule has 0 atom stereocenters. The molecule has 0 unspecified atom stereocenters. The van der Waals surface area contributed by atoms with E-state index in [2.05, 4.69) is 25.3 Å². The van der Waals surface area contributed by atoms with E-state index in [9.17, 15) is 9.59 Å². The first-order valence-electron chi connectivity index (χ1n) is 9.91. The molecule has 4 aromatic rings. The minimum atomic E-state index is -0.327. The summed E-state index contributed by atoms with van der Waals surface area (Å²) in [5.41, 5.74) is 3.39. The number of H-pyrrole nitrogens is 1. The fourth-order valence-corrected chi connectivity index (χ4v) is 3.23. The first-order valence-corrected chi connectivity index (χ1v) is 9.91. The van der Waals surface area contributed by atoms with Crippen molar-refractivity contribution in [2.24, 2.45) is 0 Å². The van der Waals surface area contributed by atoms with Crippen molar-refractivity contribution >= 4 is 11.6 Å². The van der Waals surface area contributed by atoms with E-state index in [1.54, 1.807) is 39.2 Å². The van der Waals surface area contributed by atoms with Gasteiger partial charge < -0.3 is 15.0 Å². The number of ether oxygens (including phenoxy) is 1. The third-order valence-electron chi connectivity index (χ3n) is 4.84. The molecule has 2 aromatic carbocycles. The number of carbonyl (C=O) groups is 1. The van der Waals surface area contributed by atoms with Crippen LogP contribution in [0.5, 0.6) is 5.75 Å². The van der Waals surface area contributed by atoms with Crippen molar-refractivity contribution in [3.8, 4) is 28.5 Å². The maximum absolute atomic E-state index is 12.8. The lowest BCUT2D eigenvalue weighted by Gasteiger charge is -2.10. The van der Waals surface area contributed by atoms with Gasteiger partial charge in [0.15, 0.2) is 5.82 Å². The van der Waals surface area contributed by atoms with Crippen LogP contribution in [0, 0.1) is 13.8 Å². The van der Waals surface area contributed by atoms with Crippen LogP contribution in [-0.4, -0.2) is 33.0 Å². The highest BCUT2D eigenvalue weighted by atomic mass is 16.5. The van der Waals surface area contributed by atoms with E-state index < -0.39 is 0 Å². The summed E-state index contributed by atoms with van der Waals surface area (Å²) in [6, 6.07) is 15.9. The van der Waals surface area contributed by atoms with Crippen molar-refractivity contribution < 1.29 is 9.53 Å². The zero-order valence-electron chi connectivity index (χ0n) is 17.8. The van der Waals surface area contributed by atoms with Crippen LogP contribution in [0.3, 0.4) is 0 Å². The molecule has 2 heterocycles. The van der Waals surface area contributed by atoms with Crippen LogP contribution in [0.2, 0.25) is 0 Å². The van der Waals surface area contributed by atoms with Gasteiger partial charge in [-0.25, -0.2) is 15.0 Å². The van der Waals surface area contributed by atoms with Crippen LogP contribution in [0.4, 0.5) is 5.69 Å². The van der Waals surface area contributed by atoms with E-state index in [4.69, 9.17) is 4.74 Å². The number of nitrogens with zero attached hydrogens (tertiary/aromatic N) is 3. The number of nitrogens with one attached hydrogen (secondary N) is 2. The number of anilines is 1. The van der Waals surface area contributed by atoms with Gasteiger partial charge in [-0.1, -0.05) is 12.1 Å². The predicted molar refractivity (Wildman–Crippen MR) is 122 cm³/mol. The lowest BCUT2D eigenvalue weighted by Crippen LogP contribution is -2.15. The molecule has 2 N–H and O–H groups in total. The standard InChI is InChI=1S/C24H21N5O3/c1-14-11-21(30)29-23(26-14)17-5-4-6-18(12-17)28-24(31)20-13-25-22(27-15(20)2)16-7-9-19(32-3)10-8-16/h4-13H,1-3H3,(H,28,31)(H,26,29,30). The number of aryl methyl sites for hydroxylation is 2. The summed E-state index contributed by atoms with van der Waals surface area (Å²) in [6.45, 7) is 3.52. The highest BCUT2D eigenvalue weighted by Crippen LogP contribution is 2.22. The Balaban J connectivity index is 1.55. The Bertz CT molecular complexity index is 1350. The summed E-state index contributed by atoms with van der Waals surface area (Å²) < 4.78 is 5.17. The Morgan fingerprint density at radius 3 is 2.47 bits per heavy atom. The smallest absolute Gasteiger partial charge is 0.259 e. The molecule has 0 aliphatic carbocycles. The lowest BCUT2D eigenvalue weighted by molar-refractivity contribution is 0.102. The number of methoxy groups -OCH3 is 1. The number of rotatable bonds is 5. The number of hydrogen-bond donors (Lipinski definition) is 2. The topological polar surface area (TPSA) is 110 Å². The molecular weight excluding hydrogens is 406 g/mol. The molecule has 0 aliphatic heterocycles. The van der Waals surface area contributed by atoms with Crippen LogP contribution in [0.15, 0.2) is 65.6 Å². The average molecular weight is 427 g/mol. The summed E-state index contributed by atoms with van der Waals surface area (Å²) >= 11 is 0. The van der Waals surface area contributed by atoms with Crippen molar-refractivity contribution in [2.45, 2.75) is 13.8 Å². The minimum absolute atomic E-state index is 0.230. The van der Waals surface area contributed by atoms with Crippen molar-refractivity contribution in [3.63, 3.8) is 0 Å². The Labute approximate surface area is 184 Å². The van der Waals surface area contributed by atoms with Gasteiger partial charge in [0.1, 0.15) is 11.6 Å². The summed E-state index contributed by atoms with van der Waals surface area (Å²) in [7, 11) is 1.61. The van der Waals surface area contributed by atoms with Gasteiger partial charge in [0.25, 0.3) is 11.5 Å². The number of aromatic nitrogens is 4. The van der Waals surface area contributed by atoms with Crippen LogP contribution in [-0.2, 0) is 0 Å². The average Bonchev–Trinajstić information content (AvgIpc) is 2.78. The summed E-state index contributed by atoms with van der Waals surface area (Å²) in [4.78, 5) is 40.5. The van der Waals surface area contributed by atoms with Gasteiger partial charge in [0, 0.05) is 34.8 Å². The van der Waals surface area contributed by atoms with Crippen LogP contribution < -0.4 is 15.6 Å². The van der Waals surface area contributed by atoms with E-state index in [0.717, 1.165) is 11.3 Å². The molecule has 1 amide bonds. The van der Waals surface area contributed by atoms with E-state index in [-0.39, 0.29) is 11.5 Å². The predicted octanol–water partition coefficient (Wildman–Crippen LogP) is 3.77. The molecule has 8 nitrogen and oxygen atoms in total. The van der Waals surface area contributed by atoms with Crippen molar-refractivity contribution in [3.05, 3.63) is 88.1 Å². The molecule has 4 rings (SSSR count). The molecule has 0 radical (unpaired) electrons. The zero-order valence-corrected chi connectivity index (χ0v) is 17.8. The molecule has 0 fully saturated rings. The normalized spacial score (nSPS) is 10.6. The third-order valence-corrected chi connectivity index (χ3v) is 4.84. The number of amides is 1. The van der Waals surface area contributed by atoms with Gasteiger partial charge in [0.2, 0.25) is 0 Å². The number of benzene rings is 2.